The number of hydrogen-bond acceptors (Lipinski definition) is 3. The van der Waals surface area contributed by atoms with Gasteiger partial charge in [0.15, 0.2) is 0 Å². The average Bonchev–Trinajstić information content (AvgIpc) is 2.67. The van der Waals surface area contributed by atoms with E-state index in [-0.39, 0.29) is 0 Å². The normalized spacial score (nSPS) is 18.2. The molecule has 1 fully saturated rings. The zero-order chi connectivity index (χ0) is 10.9. The van der Waals surface area contributed by atoms with Crippen LogP contribution >= 0.6 is 0 Å². The fourth-order valence-electron chi connectivity index (χ4n) is 1.92. The van der Waals surface area contributed by atoms with Gasteiger partial charge in [0.2, 0.25) is 0 Å². The van der Waals surface area contributed by atoms with Crippen molar-refractivity contribution in [2.45, 2.75) is 26.2 Å². The minimum absolute atomic E-state index is 0.770. The topological polar surface area (TPSA) is 15.7 Å². The second-order valence-electron chi connectivity index (χ2n) is 4.12. The number of rotatable bonds is 8. The van der Waals surface area contributed by atoms with Crippen LogP contribution < -0.4 is 0 Å². The van der Waals surface area contributed by atoms with Crippen molar-refractivity contribution >= 4 is 0 Å². The van der Waals surface area contributed by atoms with Crippen molar-refractivity contribution in [3.63, 3.8) is 0 Å². The van der Waals surface area contributed by atoms with Crippen molar-refractivity contribution in [3.05, 3.63) is 12.8 Å². The monoisotopic (exact) mass is 212 g/mol. The molecule has 0 unspecified atom stereocenters. The minimum atomic E-state index is 0.770. The van der Waals surface area contributed by atoms with Crippen LogP contribution in [0.4, 0.5) is 0 Å². The van der Waals surface area contributed by atoms with Crippen LogP contribution in [-0.2, 0) is 4.74 Å². The first-order valence-corrected chi connectivity index (χ1v) is 6.04. The van der Waals surface area contributed by atoms with Gasteiger partial charge < -0.3 is 4.74 Å². The van der Waals surface area contributed by atoms with E-state index in [9.17, 15) is 0 Å². The first-order chi connectivity index (χ1) is 7.36. The highest BCUT2D eigenvalue weighted by molar-refractivity contribution is 4.71. The lowest BCUT2D eigenvalue weighted by molar-refractivity contribution is 0.176. The maximum atomic E-state index is 5.13. The van der Waals surface area contributed by atoms with E-state index in [1.807, 2.05) is 0 Å². The van der Waals surface area contributed by atoms with Crippen LogP contribution in [0.5, 0.6) is 0 Å². The average molecular weight is 212 g/mol. The Balaban J connectivity index is 2.02. The summed E-state index contributed by atoms with van der Waals surface area (Å²) < 4.78 is 5.13. The Morgan fingerprint density at radius 2 is 1.93 bits per heavy atom. The van der Waals surface area contributed by atoms with Crippen molar-refractivity contribution in [3.8, 4) is 0 Å². The summed E-state index contributed by atoms with van der Waals surface area (Å²) in [7, 11) is 0. The Hall–Kier alpha value is -0.540. The molecule has 1 saturated heterocycles. The van der Waals surface area contributed by atoms with E-state index in [4.69, 9.17) is 4.74 Å². The molecule has 1 aliphatic rings. The molecule has 0 aliphatic carbocycles. The Morgan fingerprint density at radius 3 is 2.60 bits per heavy atom. The maximum Gasteiger partial charge on any atom is 0.1000 e. The molecule has 1 heterocycles. The summed E-state index contributed by atoms with van der Waals surface area (Å²) in [6, 6.07) is 0. The van der Waals surface area contributed by atoms with Crippen LogP contribution in [0.1, 0.15) is 26.2 Å². The highest BCUT2D eigenvalue weighted by Crippen LogP contribution is 2.06. The van der Waals surface area contributed by atoms with Crippen LogP contribution in [0.3, 0.4) is 0 Å². The third-order valence-electron chi connectivity index (χ3n) is 2.85. The molecule has 0 aromatic heterocycles. The van der Waals surface area contributed by atoms with Gasteiger partial charge in [-0.05, 0) is 13.0 Å². The molecule has 0 aromatic carbocycles. The van der Waals surface area contributed by atoms with Gasteiger partial charge in [-0.25, -0.2) is 0 Å². The Morgan fingerprint density at radius 1 is 1.20 bits per heavy atom. The minimum Gasteiger partial charge on any atom is -0.500 e. The van der Waals surface area contributed by atoms with E-state index < -0.39 is 0 Å². The van der Waals surface area contributed by atoms with Crippen molar-refractivity contribution in [2.75, 3.05) is 39.5 Å². The molecule has 0 bridgehead atoms. The second-order valence-corrected chi connectivity index (χ2v) is 4.12. The molecule has 0 radical (unpaired) electrons. The lowest BCUT2D eigenvalue weighted by Crippen LogP contribution is -2.28. The van der Waals surface area contributed by atoms with E-state index >= 15 is 0 Å². The standard InChI is InChI=1S/C12H24N2O/c1-3-5-6-7-13-8-9-14(12-13)10-11-15-4-2/h4H,2-3,5-12H2,1H3. The second kappa shape index (κ2) is 7.71. The van der Waals surface area contributed by atoms with Gasteiger partial charge in [0.1, 0.15) is 0 Å². The quantitative estimate of drug-likeness (QED) is 0.451. The molecule has 0 amide bonds. The van der Waals surface area contributed by atoms with Crippen LogP contribution in [0.25, 0.3) is 0 Å². The molecule has 0 spiro atoms. The number of unbranched alkanes of at least 4 members (excludes halogenated alkanes) is 2. The first-order valence-electron chi connectivity index (χ1n) is 6.04. The van der Waals surface area contributed by atoms with Crippen LogP contribution in [0.2, 0.25) is 0 Å². The van der Waals surface area contributed by atoms with E-state index in [1.165, 1.54) is 45.2 Å². The largest absolute Gasteiger partial charge is 0.500 e. The summed E-state index contributed by atoms with van der Waals surface area (Å²) in [5.41, 5.74) is 0. The molecule has 88 valence electrons. The Bertz CT molecular complexity index is 173. The van der Waals surface area contributed by atoms with Gasteiger partial charge in [-0.15, -0.1) is 0 Å². The molecule has 3 nitrogen and oxygen atoms in total. The molecule has 0 aromatic rings. The molecule has 15 heavy (non-hydrogen) atoms. The fourth-order valence-corrected chi connectivity index (χ4v) is 1.92. The van der Waals surface area contributed by atoms with E-state index in [0.717, 1.165) is 19.8 Å². The van der Waals surface area contributed by atoms with Gasteiger partial charge in [0.05, 0.1) is 19.5 Å². The molecule has 1 rings (SSSR count). The summed E-state index contributed by atoms with van der Waals surface area (Å²) in [6.45, 7) is 12.4. The van der Waals surface area contributed by atoms with Crippen molar-refractivity contribution in [1.29, 1.82) is 0 Å². The van der Waals surface area contributed by atoms with E-state index in [1.54, 1.807) is 0 Å². The van der Waals surface area contributed by atoms with Gasteiger partial charge >= 0.3 is 0 Å². The molecular formula is C12H24N2O. The van der Waals surface area contributed by atoms with E-state index in [0.29, 0.717) is 0 Å². The molecule has 0 N–H and O–H groups in total. The third-order valence-corrected chi connectivity index (χ3v) is 2.85. The molecule has 0 saturated carbocycles. The Kier molecular flexibility index (Phi) is 6.44. The van der Waals surface area contributed by atoms with Crippen LogP contribution in [0.15, 0.2) is 12.8 Å². The van der Waals surface area contributed by atoms with Crippen LogP contribution in [0, 0.1) is 0 Å². The van der Waals surface area contributed by atoms with Gasteiger partial charge in [-0.3, -0.25) is 9.80 Å². The summed E-state index contributed by atoms with van der Waals surface area (Å²) in [4.78, 5) is 4.97. The predicted octanol–water partition coefficient (Wildman–Crippen LogP) is 1.91. The zero-order valence-electron chi connectivity index (χ0n) is 9.95. The summed E-state index contributed by atoms with van der Waals surface area (Å²) in [6.07, 6.45) is 5.53. The third kappa shape index (κ3) is 5.19. The smallest absolute Gasteiger partial charge is 0.1000 e. The number of nitrogens with zero attached hydrogens (tertiary/aromatic N) is 2. The van der Waals surface area contributed by atoms with E-state index in [2.05, 4.69) is 23.3 Å². The summed E-state index contributed by atoms with van der Waals surface area (Å²) in [5, 5.41) is 0. The number of ether oxygens (including phenoxy) is 1. The molecule has 1 aliphatic heterocycles. The molecule has 3 heteroatoms. The van der Waals surface area contributed by atoms with Gasteiger partial charge in [-0.1, -0.05) is 26.3 Å². The number of hydrogen-bond donors (Lipinski definition) is 0. The molecular weight excluding hydrogens is 188 g/mol. The predicted molar refractivity (Wildman–Crippen MR) is 63.7 cm³/mol. The first kappa shape index (κ1) is 12.5. The summed E-state index contributed by atoms with van der Waals surface area (Å²) >= 11 is 0. The van der Waals surface area contributed by atoms with Crippen molar-refractivity contribution in [2.24, 2.45) is 0 Å². The SMILES string of the molecule is C=COCCN1CCN(CCCCC)C1. The summed E-state index contributed by atoms with van der Waals surface area (Å²) in [5.74, 6) is 0. The van der Waals surface area contributed by atoms with Crippen molar-refractivity contribution in [1.82, 2.24) is 9.80 Å². The molecule has 0 atom stereocenters. The Labute approximate surface area is 93.7 Å². The van der Waals surface area contributed by atoms with Gasteiger partial charge in [0.25, 0.3) is 0 Å². The fraction of sp³-hybridized carbons (Fsp3) is 0.833. The van der Waals surface area contributed by atoms with Crippen LogP contribution in [-0.4, -0.2) is 49.3 Å². The lowest BCUT2D eigenvalue weighted by Gasteiger charge is -2.17. The maximum absolute atomic E-state index is 5.13. The lowest BCUT2D eigenvalue weighted by atomic mass is 10.2. The highest BCUT2D eigenvalue weighted by Gasteiger charge is 2.18. The van der Waals surface area contributed by atoms with Gasteiger partial charge in [0, 0.05) is 19.6 Å². The zero-order valence-corrected chi connectivity index (χ0v) is 9.95. The van der Waals surface area contributed by atoms with Crippen molar-refractivity contribution < 1.29 is 4.74 Å². The highest BCUT2D eigenvalue weighted by atomic mass is 16.5. The van der Waals surface area contributed by atoms with Gasteiger partial charge in [-0.2, -0.15) is 0 Å².